The maximum Gasteiger partial charge on any atom is 0.123 e. The Morgan fingerprint density at radius 3 is 1.52 bits per heavy atom. The van der Waals surface area contributed by atoms with Gasteiger partial charge in [-0.2, -0.15) is 0 Å². The molecule has 0 saturated heterocycles. The van der Waals surface area contributed by atoms with E-state index in [1.54, 1.807) is 0 Å². The molecule has 0 atom stereocenters. The number of hydrogen-bond acceptors (Lipinski definition) is 1. The Morgan fingerprint density at radius 1 is 0.581 bits per heavy atom. The molecular formula is C27H25BrFOP. The van der Waals surface area contributed by atoms with Crippen LogP contribution in [-0.2, 0) is 6.16 Å². The van der Waals surface area contributed by atoms with Crippen molar-refractivity contribution < 1.29 is 26.1 Å². The summed E-state index contributed by atoms with van der Waals surface area (Å²) in [5.74, 6) is 0.704. The molecule has 0 aliphatic rings. The second-order valence-corrected chi connectivity index (χ2v) is 10.6. The van der Waals surface area contributed by atoms with Crippen LogP contribution >= 0.6 is 7.26 Å². The van der Waals surface area contributed by atoms with Crippen molar-refractivity contribution in [2.75, 3.05) is 13.3 Å². The molecule has 0 N–H and O–H groups in total. The van der Waals surface area contributed by atoms with E-state index in [9.17, 15) is 4.39 Å². The molecule has 0 fully saturated rings. The minimum Gasteiger partial charge on any atom is -1.00 e. The minimum absolute atomic E-state index is 0. The highest BCUT2D eigenvalue weighted by atomic mass is 79.9. The quantitative estimate of drug-likeness (QED) is 0.343. The normalized spacial score (nSPS) is 10.9. The van der Waals surface area contributed by atoms with E-state index in [4.69, 9.17) is 4.74 Å². The van der Waals surface area contributed by atoms with Crippen LogP contribution in [0.5, 0.6) is 5.75 Å². The highest BCUT2D eigenvalue weighted by Gasteiger charge is 2.45. The maximum atomic E-state index is 12.5. The van der Waals surface area contributed by atoms with Crippen LogP contribution < -0.4 is 37.6 Å². The smallest absolute Gasteiger partial charge is 0.123 e. The molecule has 0 aliphatic carbocycles. The van der Waals surface area contributed by atoms with Crippen LogP contribution in [0.4, 0.5) is 4.39 Å². The second-order valence-electron chi connectivity index (χ2n) is 7.16. The molecule has 4 heteroatoms. The third kappa shape index (κ3) is 5.23. The van der Waals surface area contributed by atoms with Crippen LogP contribution in [0.1, 0.15) is 5.56 Å². The van der Waals surface area contributed by atoms with E-state index in [0.717, 1.165) is 6.16 Å². The van der Waals surface area contributed by atoms with Gasteiger partial charge in [-0.3, -0.25) is 0 Å². The fourth-order valence-electron chi connectivity index (χ4n) is 3.90. The van der Waals surface area contributed by atoms with Crippen LogP contribution in [0.15, 0.2) is 115 Å². The summed E-state index contributed by atoms with van der Waals surface area (Å²) in [5.41, 5.74) is 1.32. The highest BCUT2D eigenvalue weighted by Crippen LogP contribution is 2.58. The molecule has 4 aromatic carbocycles. The largest absolute Gasteiger partial charge is 1.00 e. The van der Waals surface area contributed by atoms with Crippen LogP contribution in [0, 0.1) is 0 Å². The summed E-state index contributed by atoms with van der Waals surface area (Å²) in [5, 5.41) is 3.98. The van der Waals surface area contributed by atoms with Crippen molar-refractivity contribution in [2.24, 2.45) is 0 Å². The predicted octanol–water partition coefficient (Wildman–Crippen LogP) is 2.53. The Balaban J connectivity index is 0.00000272. The highest BCUT2D eigenvalue weighted by molar-refractivity contribution is 7.95. The van der Waals surface area contributed by atoms with Gasteiger partial charge in [-0.15, -0.1) is 0 Å². The van der Waals surface area contributed by atoms with Gasteiger partial charge in [-0.1, -0.05) is 66.7 Å². The van der Waals surface area contributed by atoms with Crippen molar-refractivity contribution in [1.29, 1.82) is 0 Å². The molecule has 0 bridgehead atoms. The van der Waals surface area contributed by atoms with Gasteiger partial charge in [0.05, 0.1) is 6.16 Å². The van der Waals surface area contributed by atoms with Gasteiger partial charge in [0.2, 0.25) is 0 Å². The van der Waals surface area contributed by atoms with E-state index in [2.05, 4.69) is 103 Å². The van der Waals surface area contributed by atoms with Gasteiger partial charge in [0, 0.05) is 0 Å². The summed E-state index contributed by atoms with van der Waals surface area (Å²) in [4.78, 5) is 0. The lowest BCUT2D eigenvalue weighted by Gasteiger charge is -2.28. The molecule has 0 heterocycles. The molecule has 0 amide bonds. The Kier molecular flexibility index (Phi) is 8.40. The van der Waals surface area contributed by atoms with E-state index in [1.165, 1.54) is 21.5 Å². The Morgan fingerprint density at radius 2 is 1.03 bits per heavy atom. The third-order valence-corrected chi connectivity index (χ3v) is 9.66. The SMILES string of the molecule is [18F]CCOc1ccc([P+](Cc2ccccc2)(c2ccccc2)c2ccccc2)cc1.[Br-]. The number of benzene rings is 4. The molecule has 0 spiro atoms. The van der Waals surface area contributed by atoms with Gasteiger partial charge in [0.15, 0.2) is 0 Å². The zero-order valence-electron chi connectivity index (χ0n) is 17.2. The minimum atomic E-state index is -1.95. The molecule has 0 aromatic heterocycles. The molecule has 4 aromatic rings. The summed E-state index contributed by atoms with van der Waals surface area (Å²) in [7, 11) is -1.95. The van der Waals surface area contributed by atoms with Crippen LogP contribution in [0.3, 0.4) is 0 Å². The third-order valence-electron chi connectivity index (χ3n) is 5.28. The zero-order chi connectivity index (χ0) is 20.7. The number of hydrogen-bond donors (Lipinski definition) is 0. The standard InChI is InChI=1S/C27H25FOP.BrH/c28-20-21-29-24-16-18-27(19-17-24)30(25-12-6-2-7-13-25,26-14-8-3-9-15-26)22-23-10-4-1-5-11-23;/h1-19H,20-22H2;1H/q+1;/p-1/i28-1;. The molecule has 0 saturated carbocycles. The van der Waals surface area contributed by atoms with Crippen LogP contribution in [-0.4, -0.2) is 13.3 Å². The predicted molar refractivity (Wildman–Crippen MR) is 127 cm³/mol. The van der Waals surface area contributed by atoms with Gasteiger partial charge < -0.3 is 21.7 Å². The molecule has 4 rings (SSSR count). The van der Waals surface area contributed by atoms with E-state index in [1.807, 2.05) is 12.1 Å². The van der Waals surface area contributed by atoms with Crippen molar-refractivity contribution in [3.8, 4) is 5.75 Å². The summed E-state index contributed by atoms with van der Waals surface area (Å²) in [6.07, 6.45) is 0.937. The van der Waals surface area contributed by atoms with Gasteiger partial charge in [0.1, 0.15) is 42.2 Å². The van der Waals surface area contributed by atoms with E-state index < -0.39 is 13.9 Å². The number of rotatable bonds is 8. The van der Waals surface area contributed by atoms with Crippen molar-refractivity contribution in [2.45, 2.75) is 6.16 Å². The van der Waals surface area contributed by atoms with Crippen molar-refractivity contribution in [1.82, 2.24) is 0 Å². The zero-order valence-corrected chi connectivity index (χ0v) is 19.7. The number of alkyl halides is 1. The van der Waals surface area contributed by atoms with Crippen molar-refractivity contribution in [3.63, 3.8) is 0 Å². The van der Waals surface area contributed by atoms with Crippen molar-refractivity contribution >= 4 is 23.2 Å². The molecule has 158 valence electrons. The summed E-state index contributed by atoms with van der Waals surface area (Å²) in [6.45, 7) is -0.401. The fraction of sp³-hybridized carbons (Fsp3) is 0.111. The Hall–Kier alpha value is -2.48. The van der Waals surface area contributed by atoms with E-state index in [-0.39, 0.29) is 23.6 Å². The lowest BCUT2D eigenvalue weighted by atomic mass is 10.2. The topological polar surface area (TPSA) is 9.23 Å². The average molecular weight is 494 g/mol. The van der Waals surface area contributed by atoms with E-state index in [0.29, 0.717) is 5.75 Å². The van der Waals surface area contributed by atoms with E-state index >= 15 is 0 Å². The first kappa shape index (κ1) is 23.2. The van der Waals surface area contributed by atoms with Crippen LogP contribution in [0.2, 0.25) is 0 Å². The summed E-state index contributed by atoms with van der Waals surface area (Å²) in [6, 6.07) is 40.6. The first-order chi connectivity index (χ1) is 14.8. The first-order valence-corrected chi connectivity index (χ1v) is 12.1. The van der Waals surface area contributed by atoms with Crippen molar-refractivity contribution in [3.05, 3.63) is 121 Å². The lowest BCUT2D eigenvalue weighted by molar-refractivity contribution is -0.00000667. The molecule has 0 aliphatic heterocycles. The van der Waals surface area contributed by atoms with Gasteiger partial charge in [-0.05, 0) is 54.1 Å². The maximum absolute atomic E-state index is 12.5. The number of halogens is 2. The van der Waals surface area contributed by atoms with Crippen LogP contribution in [0.25, 0.3) is 0 Å². The summed E-state index contributed by atoms with van der Waals surface area (Å²) >= 11 is 0. The lowest BCUT2D eigenvalue weighted by Crippen LogP contribution is -3.00. The molecule has 31 heavy (non-hydrogen) atoms. The Bertz CT molecular complexity index is 1000. The first-order valence-electron chi connectivity index (χ1n) is 10.2. The average Bonchev–Trinajstić information content (AvgIpc) is 2.83. The second kappa shape index (κ2) is 11.2. The van der Waals surface area contributed by atoms with Gasteiger partial charge >= 0.3 is 0 Å². The Labute approximate surface area is 195 Å². The van der Waals surface area contributed by atoms with Gasteiger partial charge in [0.25, 0.3) is 0 Å². The molecule has 0 unspecified atom stereocenters. The number of ether oxygens (including phenoxy) is 1. The fourth-order valence-corrected chi connectivity index (χ4v) is 8.12. The molecule has 0 radical (unpaired) electrons. The molecular weight excluding hydrogens is 469 g/mol. The van der Waals surface area contributed by atoms with Gasteiger partial charge in [-0.25, -0.2) is 4.39 Å². The summed E-state index contributed by atoms with van der Waals surface area (Å²) < 4.78 is 18.0. The monoisotopic (exact) mass is 493 g/mol. The molecule has 1 nitrogen and oxygen atoms in total.